The van der Waals surface area contributed by atoms with Gasteiger partial charge in [0, 0.05) is 6.04 Å². The second-order valence-corrected chi connectivity index (χ2v) is 5.39. The average Bonchev–Trinajstić information content (AvgIpc) is 2.55. The highest BCUT2D eigenvalue weighted by Gasteiger charge is 2.40. The van der Waals surface area contributed by atoms with E-state index in [-0.39, 0.29) is 18.2 Å². The van der Waals surface area contributed by atoms with E-state index in [4.69, 9.17) is 4.18 Å². The zero-order chi connectivity index (χ0) is 11.7. The Kier molecular flexibility index (Phi) is 3.42. The van der Waals surface area contributed by atoms with Gasteiger partial charge in [-0.15, -0.1) is 0 Å². The highest BCUT2D eigenvalue weighted by Crippen LogP contribution is 2.34. The molecule has 0 aliphatic carbocycles. The lowest BCUT2D eigenvalue weighted by Gasteiger charge is -2.22. The van der Waals surface area contributed by atoms with Crippen LogP contribution in [0.5, 0.6) is 0 Å². The summed E-state index contributed by atoms with van der Waals surface area (Å²) in [5, 5.41) is 0. The fourth-order valence-electron chi connectivity index (χ4n) is 2.11. The van der Waals surface area contributed by atoms with Crippen molar-refractivity contribution < 1.29 is 8.39 Å². The fraction of sp³-hybridized carbons (Fsp3) is 0.500. The zero-order valence-corrected chi connectivity index (χ0v) is 10.6. The van der Waals surface area contributed by atoms with Crippen molar-refractivity contribution in [1.29, 1.82) is 0 Å². The van der Waals surface area contributed by atoms with Crippen LogP contribution in [0.2, 0.25) is 0 Å². The maximum atomic E-state index is 11.8. The van der Waals surface area contributed by atoms with E-state index >= 15 is 0 Å². The van der Waals surface area contributed by atoms with Crippen LogP contribution in [0, 0.1) is 0 Å². The van der Waals surface area contributed by atoms with Crippen molar-refractivity contribution in [3.8, 4) is 0 Å². The smallest absolute Gasteiger partial charge is 0.238 e. The Hall–Kier alpha value is -0.710. The molecule has 0 bridgehead atoms. The molecular formula is C12H17NO2S. The Morgan fingerprint density at radius 2 is 1.94 bits per heavy atom. The summed E-state index contributed by atoms with van der Waals surface area (Å²) >= 11 is -1.32. The van der Waals surface area contributed by atoms with Crippen LogP contribution < -0.4 is 0 Å². The minimum atomic E-state index is -1.32. The molecule has 16 heavy (non-hydrogen) atoms. The molecule has 1 aliphatic rings. The molecule has 1 heterocycles. The SMILES string of the molecule is CC(C)N1[C@H](C)[C@@H](c2ccccc2)OS1=O. The summed E-state index contributed by atoms with van der Waals surface area (Å²) in [7, 11) is 0. The normalized spacial score (nSPS) is 31.1. The molecular weight excluding hydrogens is 222 g/mol. The molecule has 0 saturated carbocycles. The topological polar surface area (TPSA) is 29.5 Å². The Labute approximate surface area is 99.2 Å². The van der Waals surface area contributed by atoms with Gasteiger partial charge in [-0.2, -0.15) is 4.31 Å². The zero-order valence-electron chi connectivity index (χ0n) is 9.79. The van der Waals surface area contributed by atoms with E-state index in [1.807, 2.05) is 48.5 Å². The monoisotopic (exact) mass is 239 g/mol. The molecule has 1 unspecified atom stereocenters. The van der Waals surface area contributed by atoms with Crippen LogP contribution in [0.1, 0.15) is 32.4 Å². The fourth-order valence-corrected chi connectivity index (χ4v) is 3.38. The van der Waals surface area contributed by atoms with Crippen molar-refractivity contribution >= 4 is 11.3 Å². The highest BCUT2D eigenvalue weighted by molar-refractivity contribution is 7.78. The molecule has 1 fully saturated rings. The highest BCUT2D eigenvalue weighted by atomic mass is 32.2. The summed E-state index contributed by atoms with van der Waals surface area (Å²) < 4.78 is 19.3. The lowest BCUT2D eigenvalue weighted by atomic mass is 10.0. The van der Waals surface area contributed by atoms with Crippen molar-refractivity contribution in [2.45, 2.75) is 39.0 Å². The van der Waals surface area contributed by atoms with E-state index < -0.39 is 11.3 Å². The van der Waals surface area contributed by atoms with Gasteiger partial charge in [0.05, 0.1) is 6.04 Å². The standard InChI is InChI=1S/C12H17NO2S/c1-9(2)13-10(3)12(15-16(13)14)11-7-5-4-6-8-11/h4-10,12H,1-3H3/t10-,12+,16?/m1/s1. The Morgan fingerprint density at radius 1 is 1.31 bits per heavy atom. The molecule has 0 spiro atoms. The van der Waals surface area contributed by atoms with E-state index in [0.29, 0.717) is 0 Å². The molecule has 0 aromatic heterocycles. The molecule has 1 saturated heterocycles. The van der Waals surface area contributed by atoms with E-state index in [2.05, 4.69) is 6.92 Å². The third-order valence-corrected chi connectivity index (χ3v) is 4.31. The van der Waals surface area contributed by atoms with Gasteiger partial charge >= 0.3 is 0 Å². The van der Waals surface area contributed by atoms with Crippen LogP contribution in [-0.4, -0.2) is 20.6 Å². The molecule has 0 amide bonds. The maximum absolute atomic E-state index is 11.8. The van der Waals surface area contributed by atoms with Gasteiger partial charge in [0.1, 0.15) is 6.10 Å². The first-order valence-electron chi connectivity index (χ1n) is 5.53. The van der Waals surface area contributed by atoms with E-state index in [9.17, 15) is 4.21 Å². The number of benzene rings is 1. The summed E-state index contributed by atoms with van der Waals surface area (Å²) in [6.07, 6.45) is -0.0931. The summed E-state index contributed by atoms with van der Waals surface area (Å²) in [6.45, 7) is 6.12. The molecule has 3 atom stereocenters. The van der Waals surface area contributed by atoms with Crippen LogP contribution >= 0.6 is 0 Å². The van der Waals surface area contributed by atoms with Crippen molar-refractivity contribution in [3.63, 3.8) is 0 Å². The average molecular weight is 239 g/mol. The Balaban J connectivity index is 2.24. The molecule has 0 N–H and O–H groups in total. The number of nitrogens with zero attached hydrogens (tertiary/aromatic N) is 1. The third-order valence-electron chi connectivity index (χ3n) is 2.83. The predicted octanol–water partition coefficient (Wildman–Crippen LogP) is 2.44. The van der Waals surface area contributed by atoms with Gasteiger partial charge in [0.2, 0.25) is 11.3 Å². The number of hydrogen-bond acceptors (Lipinski definition) is 2. The van der Waals surface area contributed by atoms with E-state index in [1.54, 1.807) is 0 Å². The minimum Gasteiger partial charge on any atom is -0.268 e. The van der Waals surface area contributed by atoms with Crippen molar-refractivity contribution in [1.82, 2.24) is 4.31 Å². The molecule has 0 radical (unpaired) electrons. The van der Waals surface area contributed by atoms with E-state index in [0.717, 1.165) is 5.56 Å². The quantitative estimate of drug-likeness (QED) is 0.793. The van der Waals surface area contributed by atoms with Crippen LogP contribution in [0.15, 0.2) is 30.3 Å². The molecule has 2 rings (SSSR count). The molecule has 88 valence electrons. The number of hydrogen-bond donors (Lipinski definition) is 0. The summed E-state index contributed by atoms with van der Waals surface area (Å²) in [4.78, 5) is 0. The minimum absolute atomic E-state index is 0.0931. The van der Waals surface area contributed by atoms with Gasteiger partial charge in [-0.05, 0) is 26.3 Å². The maximum Gasteiger partial charge on any atom is 0.238 e. The van der Waals surface area contributed by atoms with Crippen LogP contribution in [0.4, 0.5) is 0 Å². The van der Waals surface area contributed by atoms with Gasteiger partial charge in [-0.1, -0.05) is 30.3 Å². The van der Waals surface area contributed by atoms with Gasteiger partial charge < -0.3 is 0 Å². The van der Waals surface area contributed by atoms with Crippen molar-refractivity contribution in [3.05, 3.63) is 35.9 Å². The second kappa shape index (κ2) is 4.65. The Bertz CT molecular complexity index is 380. The van der Waals surface area contributed by atoms with Crippen LogP contribution in [-0.2, 0) is 15.4 Å². The lowest BCUT2D eigenvalue weighted by molar-refractivity contribution is 0.200. The summed E-state index contributed by atoms with van der Waals surface area (Å²) in [5.41, 5.74) is 1.09. The van der Waals surface area contributed by atoms with Gasteiger partial charge in [-0.25, -0.2) is 4.21 Å². The van der Waals surface area contributed by atoms with Gasteiger partial charge in [0.15, 0.2) is 0 Å². The molecule has 1 aromatic rings. The lowest BCUT2D eigenvalue weighted by Crippen LogP contribution is -2.35. The Morgan fingerprint density at radius 3 is 2.44 bits per heavy atom. The molecule has 1 aliphatic heterocycles. The first-order chi connectivity index (χ1) is 7.61. The molecule has 3 nitrogen and oxygen atoms in total. The predicted molar refractivity (Wildman–Crippen MR) is 64.8 cm³/mol. The second-order valence-electron chi connectivity index (χ2n) is 4.34. The summed E-state index contributed by atoms with van der Waals surface area (Å²) in [6, 6.07) is 10.3. The molecule has 4 heteroatoms. The number of rotatable bonds is 2. The van der Waals surface area contributed by atoms with Gasteiger partial charge in [-0.3, -0.25) is 4.18 Å². The first-order valence-corrected chi connectivity index (χ1v) is 6.56. The van der Waals surface area contributed by atoms with Crippen LogP contribution in [0.3, 0.4) is 0 Å². The van der Waals surface area contributed by atoms with Gasteiger partial charge in [0.25, 0.3) is 0 Å². The molecule has 1 aromatic carbocycles. The third kappa shape index (κ3) is 2.05. The summed E-state index contributed by atoms with van der Waals surface area (Å²) in [5.74, 6) is 0. The first kappa shape index (κ1) is 11.8. The van der Waals surface area contributed by atoms with Crippen LogP contribution in [0.25, 0.3) is 0 Å². The largest absolute Gasteiger partial charge is 0.268 e. The van der Waals surface area contributed by atoms with Crippen molar-refractivity contribution in [2.75, 3.05) is 0 Å². The van der Waals surface area contributed by atoms with Crippen molar-refractivity contribution in [2.24, 2.45) is 0 Å². The van der Waals surface area contributed by atoms with E-state index in [1.165, 1.54) is 0 Å².